The molecule has 8 heteroatoms. The smallest absolute Gasteiger partial charge is 0.295 e. The fraction of sp³-hybridized carbons (Fsp3) is 0.478. The molecule has 0 unspecified atom stereocenters. The summed E-state index contributed by atoms with van der Waals surface area (Å²) in [5.74, 6) is -0.216. The fourth-order valence-corrected chi connectivity index (χ4v) is 3.85. The molecule has 166 valence electrons. The van der Waals surface area contributed by atoms with Gasteiger partial charge in [-0.05, 0) is 59.0 Å². The molecule has 3 rings (SSSR count). The van der Waals surface area contributed by atoms with E-state index in [1.165, 1.54) is 4.68 Å². The summed E-state index contributed by atoms with van der Waals surface area (Å²) in [5.41, 5.74) is 2.37. The predicted octanol–water partition coefficient (Wildman–Crippen LogP) is 2.61. The number of hydrogen-bond donors (Lipinski definition) is 1. The number of rotatable bonds is 9. The highest BCUT2D eigenvalue weighted by atomic mass is 16.2. The second-order valence-corrected chi connectivity index (χ2v) is 7.74. The van der Waals surface area contributed by atoms with Gasteiger partial charge in [-0.1, -0.05) is 32.0 Å². The molecule has 0 saturated carbocycles. The van der Waals surface area contributed by atoms with Crippen LogP contribution in [-0.2, 0) is 4.79 Å². The fourth-order valence-electron chi connectivity index (χ4n) is 3.85. The van der Waals surface area contributed by atoms with E-state index in [4.69, 9.17) is 0 Å². The summed E-state index contributed by atoms with van der Waals surface area (Å²) < 4.78 is 3.00. The normalized spacial score (nSPS) is 12.5. The van der Waals surface area contributed by atoms with Gasteiger partial charge in [-0.2, -0.15) is 10.2 Å². The molecule has 0 fully saturated rings. The van der Waals surface area contributed by atoms with E-state index in [2.05, 4.69) is 34.3 Å². The number of nitrogens with zero attached hydrogens (tertiary/aromatic N) is 5. The maximum absolute atomic E-state index is 13.2. The summed E-state index contributed by atoms with van der Waals surface area (Å²) in [6, 6.07) is 8.95. The van der Waals surface area contributed by atoms with Gasteiger partial charge in [0, 0.05) is 6.54 Å². The molecule has 0 aliphatic rings. The van der Waals surface area contributed by atoms with Crippen molar-refractivity contribution in [1.82, 2.24) is 29.8 Å². The maximum Gasteiger partial charge on any atom is 0.295 e. The van der Waals surface area contributed by atoms with Crippen LogP contribution in [0.4, 0.5) is 0 Å². The summed E-state index contributed by atoms with van der Waals surface area (Å²) in [6.45, 7) is 13.2. The molecule has 1 atom stereocenters. The lowest BCUT2D eigenvalue weighted by Gasteiger charge is -2.18. The number of para-hydroxylation sites is 1. The second kappa shape index (κ2) is 9.87. The van der Waals surface area contributed by atoms with Crippen LogP contribution in [0.3, 0.4) is 0 Å². The lowest BCUT2D eigenvalue weighted by molar-refractivity contribution is -0.124. The maximum atomic E-state index is 13.2. The Bertz CT molecular complexity index is 1100. The third kappa shape index (κ3) is 4.69. The van der Waals surface area contributed by atoms with Gasteiger partial charge in [-0.25, -0.2) is 9.36 Å². The number of amides is 1. The van der Waals surface area contributed by atoms with E-state index in [1.807, 2.05) is 44.2 Å². The van der Waals surface area contributed by atoms with Crippen LogP contribution in [0.2, 0.25) is 0 Å². The first-order valence-electron chi connectivity index (χ1n) is 10.9. The van der Waals surface area contributed by atoms with E-state index in [0.717, 1.165) is 42.8 Å². The van der Waals surface area contributed by atoms with Crippen LogP contribution in [0.15, 0.2) is 35.1 Å². The van der Waals surface area contributed by atoms with Crippen molar-refractivity contribution in [3.8, 4) is 5.69 Å². The number of hydrogen-bond acceptors (Lipinski definition) is 5. The molecule has 0 spiro atoms. The van der Waals surface area contributed by atoms with Crippen LogP contribution in [0.1, 0.15) is 44.6 Å². The minimum Gasteiger partial charge on any atom is -0.354 e. The van der Waals surface area contributed by atoms with Crippen molar-refractivity contribution in [2.75, 3.05) is 26.2 Å². The number of aromatic nitrogens is 4. The molecule has 3 aromatic rings. The third-order valence-corrected chi connectivity index (χ3v) is 5.74. The number of carbonyl (C=O) groups is 1. The van der Waals surface area contributed by atoms with Gasteiger partial charge >= 0.3 is 0 Å². The van der Waals surface area contributed by atoms with Crippen molar-refractivity contribution in [2.45, 2.75) is 47.1 Å². The Morgan fingerprint density at radius 1 is 1.13 bits per heavy atom. The van der Waals surface area contributed by atoms with E-state index in [0.29, 0.717) is 17.8 Å². The van der Waals surface area contributed by atoms with Crippen molar-refractivity contribution in [3.63, 3.8) is 0 Å². The van der Waals surface area contributed by atoms with Gasteiger partial charge < -0.3 is 10.2 Å². The van der Waals surface area contributed by atoms with Gasteiger partial charge in [0.1, 0.15) is 6.04 Å². The molecule has 0 bridgehead atoms. The highest BCUT2D eigenvalue weighted by Crippen LogP contribution is 2.21. The Labute approximate surface area is 182 Å². The van der Waals surface area contributed by atoms with E-state index in [1.54, 1.807) is 11.6 Å². The highest BCUT2D eigenvalue weighted by Gasteiger charge is 2.23. The molecule has 0 aliphatic carbocycles. The third-order valence-electron chi connectivity index (χ3n) is 5.74. The predicted molar refractivity (Wildman–Crippen MR) is 123 cm³/mol. The van der Waals surface area contributed by atoms with Crippen LogP contribution in [0.5, 0.6) is 0 Å². The van der Waals surface area contributed by atoms with Crippen molar-refractivity contribution in [1.29, 1.82) is 0 Å². The molecule has 0 saturated heterocycles. The second-order valence-electron chi connectivity index (χ2n) is 7.74. The molecule has 2 aromatic heterocycles. The molecule has 1 N–H and O–H groups in total. The summed E-state index contributed by atoms with van der Waals surface area (Å²) in [7, 11) is 0. The Morgan fingerprint density at radius 3 is 2.45 bits per heavy atom. The van der Waals surface area contributed by atoms with Gasteiger partial charge in [0.05, 0.1) is 22.5 Å². The van der Waals surface area contributed by atoms with E-state index >= 15 is 0 Å². The number of aryl methyl sites for hydroxylation is 2. The number of fused-ring (bicyclic) bond motifs is 1. The molecule has 2 heterocycles. The van der Waals surface area contributed by atoms with Crippen LogP contribution >= 0.6 is 0 Å². The molecule has 0 radical (unpaired) electrons. The highest BCUT2D eigenvalue weighted by molar-refractivity contribution is 5.84. The largest absolute Gasteiger partial charge is 0.354 e. The number of nitrogens with one attached hydrogen (secondary N) is 1. The van der Waals surface area contributed by atoms with E-state index < -0.39 is 6.04 Å². The van der Waals surface area contributed by atoms with Crippen LogP contribution < -0.4 is 10.9 Å². The number of carbonyl (C=O) groups excluding carboxylic acids is 1. The summed E-state index contributed by atoms with van der Waals surface area (Å²) in [6.07, 6.45) is 0.862. The van der Waals surface area contributed by atoms with E-state index in [-0.39, 0.29) is 11.5 Å². The van der Waals surface area contributed by atoms with Crippen molar-refractivity contribution < 1.29 is 4.79 Å². The first-order valence-corrected chi connectivity index (χ1v) is 10.9. The first kappa shape index (κ1) is 22.7. The van der Waals surface area contributed by atoms with Gasteiger partial charge in [0.15, 0.2) is 5.52 Å². The molecule has 1 aromatic carbocycles. The van der Waals surface area contributed by atoms with Crippen LogP contribution in [0.25, 0.3) is 16.6 Å². The van der Waals surface area contributed by atoms with Gasteiger partial charge in [0.2, 0.25) is 5.91 Å². The Hall–Kier alpha value is -3.00. The quantitative estimate of drug-likeness (QED) is 0.534. The van der Waals surface area contributed by atoms with Gasteiger partial charge in [-0.15, -0.1) is 0 Å². The lowest BCUT2D eigenvalue weighted by atomic mass is 10.2. The molecular weight excluding hydrogens is 392 g/mol. The zero-order valence-corrected chi connectivity index (χ0v) is 19.1. The summed E-state index contributed by atoms with van der Waals surface area (Å²) in [4.78, 5) is 28.1. The Balaban J connectivity index is 1.83. The lowest BCUT2D eigenvalue weighted by Crippen LogP contribution is -2.38. The SMILES string of the molecule is CCN(CC)CCCNC(=O)[C@H](C)n1nc(C)c2c(C)n(-c3ccccc3)nc2c1=O. The van der Waals surface area contributed by atoms with Crippen molar-refractivity contribution in [3.05, 3.63) is 52.1 Å². The topological polar surface area (TPSA) is 85.1 Å². The van der Waals surface area contributed by atoms with Crippen molar-refractivity contribution in [2.24, 2.45) is 0 Å². The molecular formula is C23H32N6O2. The zero-order valence-electron chi connectivity index (χ0n) is 19.1. The minimum absolute atomic E-state index is 0.216. The minimum atomic E-state index is -0.716. The monoisotopic (exact) mass is 424 g/mol. The number of benzene rings is 1. The van der Waals surface area contributed by atoms with Crippen molar-refractivity contribution >= 4 is 16.8 Å². The standard InChI is InChI=1S/C23H32N6O2/c1-6-27(7-2)15-11-14-24-22(30)18(5)29-23(31)21-20(16(3)25-29)17(4)28(26-21)19-12-9-8-10-13-19/h8-10,12-13,18H,6-7,11,14-15H2,1-5H3,(H,24,30)/t18-/m0/s1. The molecule has 1 amide bonds. The summed E-state index contributed by atoms with van der Waals surface area (Å²) >= 11 is 0. The van der Waals surface area contributed by atoms with Crippen LogP contribution in [0, 0.1) is 13.8 Å². The molecule has 31 heavy (non-hydrogen) atoms. The average Bonchev–Trinajstić information content (AvgIpc) is 3.14. The zero-order chi connectivity index (χ0) is 22.5. The first-order chi connectivity index (χ1) is 14.9. The molecule has 8 nitrogen and oxygen atoms in total. The summed E-state index contributed by atoms with van der Waals surface area (Å²) in [5, 5.41) is 12.7. The Kier molecular flexibility index (Phi) is 7.22. The molecule has 0 aliphatic heterocycles. The van der Waals surface area contributed by atoms with E-state index in [9.17, 15) is 9.59 Å². The Morgan fingerprint density at radius 2 is 1.81 bits per heavy atom. The van der Waals surface area contributed by atoms with Crippen LogP contribution in [-0.4, -0.2) is 56.5 Å². The van der Waals surface area contributed by atoms with Gasteiger partial charge in [-0.3, -0.25) is 9.59 Å². The van der Waals surface area contributed by atoms with Gasteiger partial charge in [0.25, 0.3) is 5.56 Å². The average molecular weight is 425 g/mol.